The van der Waals surface area contributed by atoms with Gasteiger partial charge < -0.3 is 9.97 Å². The van der Waals surface area contributed by atoms with Gasteiger partial charge in [-0.25, -0.2) is 0 Å². The number of para-hydroxylation sites is 4. The van der Waals surface area contributed by atoms with Crippen LogP contribution in [0.15, 0.2) is 102 Å². The molecule has 0 aliphatic carbocycles. The summed E-state index contributed by atoms with van der Waals surface area (Å²) >= 11 is 0. The van der Waals surface area contributed by atoms with Gasteiger partial charge in [0.05, 0.1) is 0 Å². The molecule has 0 fully saturated rings. The van der Waals surface area contributed by atoms with Crippen LogP contribution >= 0.6 is 0 Å². The molecular formula is C25H18N2O. The van der Waals surface area contributed by atoms with Crippen molar-refractivity contribution in [1.29, 1.82) is 0 Å². The lowest BCUT2D eigenvalue weighted by molar-refractivity contribution is 1.48. The normalized spacial score (nSPS) is 11.0. The standard InChI is InChI=1S/C13H9NO.C12H9N/c15-13-9-5-1-3-7-11(9)14-12-8-4-2-6-10(12)13;1-3-7-11-9(5-1)10-6-2-4-8-12(10)13-11/h1-8H,(H,14,15);1-8,13H. The zero-order valence-electron chi connectivity index (χ0n) is 15.1. The van der Waals surface area contributed by atoms with Crippen LogP contribution in [0.1, 0.15) is 0 Å². The molecule has 2 heterocycles. The Balaban J connectivity index is 0.000000123. The number of fused-ring (bicyclic) bond motifs is 5. The molecular weight excluding hydrogens is 344 g/mol. The average Bonchev–Trinajstić information content (AvgIpc) is 3.13. The van der Waals surface area contributed by atoms with Crippen LogP contribution in [-0.4, -0.2) is 9.97 Å². The molecule has 0 saturated carbocycles. The molecule has 6 rings (SSSR count). The Morgan fingerprint density at radius 1 is 0.393 bits per heavy atom. The molecule has 2 N–H and O–H groups in total. The summed E-state index contributed by atoms with van der Waals surface area (Å²) in [6.07, 6.45) is 0. The van der Waals surface area contributed by atoms with Crippen molar-refractivity contribution in [1.82, 2.24) is 9.97 Å². The zero-order valence-corrected chi connectivity index (χ0v) is 15.1. The predicted octanol–water partition coefficient (Wildman–Crippen LogP) is 6.00. The van der Waals surface area contributed by atoms with Gasteiger partial charge in [-0.05, 0) is 36.4 Å². The monoisotopic (exact) mass is 362 g/mol. The number of hydrogen-bond acceptors (Lipinski definition) is 1. The molecule has 0 amide bonds. The molecule has 134 valence electrons. The summed E-state index contributed by atoms with van der Waals surface area (Å²) in [6.45, 7) is 0. The average molecular weight is 362 g/mol. The van der Waals surface area contributed by atoms with Crippen molar-refractivity contribution in [2.24, 2.45) is 0 Å². The van der Waals surface area contributed by atoms with Crippen molar-refractivity contribution in [3.63, 3.8) is 0 Å². The maximum atomic E-state index is 12.1. The van der Waals surface area contributed by atoms with Gasteiger partial charge in [0.1, 0.15) is 0 Å². The number of rotatable bonds is 0. The fourth-order valence-electron chi connectivity index (χ4n) is 3.67. The van der Waals surface area contributed by atoms with Gasteiger partial charge in [0.2, 0.25) is 0 Å². The van der Waals surface area contributed by atoms with E-state index in [9.17, 15) is 4.79 Å². The maximum Gasteiger partial charge on any atom is 0.197 e. The van der Waals surface area contributed by atoms with E-state index in [1.807, 2.05) is 48.5 Å². The topological polar surface area (TPSA) is 48.6 Å². The van der Waals surface area contributed by atoms with Crippen molar-refractivity contribution in [2.75, 3.05) is 0 Å². The van der Waals surface area contributed by atoms with Crippen LogP contribution in [-0.2, 0) is 0 Å². The van der Waals surface area contributed by atoms with Crippen LogP contribution in [0, 0.1) is 0 Å². The van der Waals surface area contributed by atoms with E-state index in [1.54, 1.807) is 0 Å². The number of H-pyrrole nitrogens is 2. The number of benzene rings is 4. The lowest BCUT2D eigenvalue weighted by atomic mass is 10.1. The lowest BCUT2D eigenvalue weighted by Crippen LogP contribution is -2.03. The van der Waals surface area contributed by atoms with Crippen LogP contribution in [0.2, 0.25) is 0 Å². The maximum absolute atomic E-state index is 12.1. The summed E-state index contributed by atoms with van der Waals surface area (Å²) in [5, 5.41) is 4.10. The lowest BCUT2D eigenvalue weighted by Gasteiger charge is -2.01. The van der Waals surface area contributed by atoms with Gasteiger partial charge in [-0.1, -0.05) is 60.7 Å². The Hall–Kier alpha value is -3.85. The van der Waals surface area contributed by atoms with Gasteiger partial charge in [-0.15, -0.1) is 0 Å². The molecule has 3 heteroatoms. The molecule has 0 saturated heterocycles. The third-order valence-corrected chi connectivity index (χ3v) is 5.03. The quantitative estimate of drug-likeness (QED) is 0.320. The number of pyridine rings is 1. The van der Waals surface area contributed by atoms with E-state index >= 15 is 0 Å². The summed E-state index contributed by atoms with van der Waals surface area (Å²) in [5.41, 5.74) is 4.30. The highest BCUT2D eigenvalue weighted by Crippen LogP contribution is 2.24. The van der Waals surface area contributed by atoms with E-state index in [1.165, 1.54) is 21.8 Å². The molecule has 0 spiro atoms. The molecule has 0 unspecified atom stereocenters. The summed E-state index contributed by atoms with van der Waals surface area (Å²) in [5.74, 6) is 0. The predicted molar refractivity (Wildman–Crippen MR) is 118 cm³/mol. The first-order valence-electron chi connectivity index (χ1n) is 9.26. The van der Waals surface area contributed by atoms with Gasteiger partial charge >= 0.3 is 0 Å². The van der Waals surface area contributed by atoms with E-state index in [0.717, 1.165) is 21.8 Å². The van der Waals surface area contributed by atoms with E-state index < -0.39 is 0 Å². The summed E-state index contributed by atoms with van der Waals surface area (Å²) in [4.78, 5) is 18.7. The largest absolute Gasteiger partial charge is 0.355 e. The molecule has 0 aliphatic rings. The molecule has 3 nitrogen and oxygen atoms in total. The zero-order chi connectivity index (χ0) is 18.9. The number of aromatic nitrogens is 2. The first-order valence-corrected chi connectivity index (χ1v) is 9.26. The minimum Gasteiger partial charge on any atom is -0.355 e. The second-order valence-electron chi connectivity index (χ2n) is 6.76. The minimum absolute atomic E-state index is 0.0972. The molecule has 2 aromatic heterocycles. The Morgan fingerprint density at radius 3 is 1.07 bits per heavy atom. The molecule has 0 radical (unpaired) electrons. The Bertz CT molecular complexity index is 1380. The minimum atomic E-state index is 0.0972. The van der Waals surface area contributed by atoms with Crippen molar-refractivity contribution in [2.45, 2.75) is 0 Å². The summed E-state index contributed by atoms with van der Waals surface area (Å²) in [6, 6.07) is 31.9. The number of aromatic amines is 2. The van der Waals surface area contributed by atoms with E-state index in [2.05, 4.69) is 58.5 Å². The first kappa shape index (κ1) is 16.3. The molecule has 0 aliphatic heterocycles. The van der Waals surface area contributed by atoms with Gasteiger partial charge in [-0.2, -0.15) is 0 Å². The van der Waals surface area contributed by atoms with Crippen LogP contribution in [0.3, 0.4) is 0 Å². The highest BCUT2D eigenvalue weighted by Gasteiger charge is 2.03. The fraction of sp³-hybridized carbons (Fsp3) is 0. The third-order valence-electron chi connectivity index (χ3n) is 5.03. The van der Waals surface area contributed by atoms with Gasteiger partial charge in [-0.3, -0.25) is 4.79 Å². The van der Waals surface area contributed by atoms with Crippen molar-refractivity contribution < 1.29 is 0 Å². The van der Waals surface area contributed by atoms with Crippen LogP contribution in [0.5, 0.6) is 0 Å². The van der Waals surface area contributed by atoms with Crippen LogP contribution in [0.4, 0.5) is 0 Å². The fourth-order valence-corrected chi connectivity index (χ4v) is 3.67. The SMILES string of the molecule is O=c1c2ccccc2[nH]c2ccccc12.c1ccc2c(c1)[nH]c1ccccc12. The third kappa shape index (κ3) is 2.74. The van der Waals surface area contributed by atoms with E-state index in [-0.39, 0.29) is 5.43 Å². The molecule has 0 bridgehead atoms. The Labute approximate surface area is 161 Å². The highest BCUT2D eigenvalue weighted by atomic mass is 16.1. The van der Waals surface area contributed by atoms with Crippen molar-refractivity contribution >= 4 is 43.6 Å². The molecule has 0 atom stereocenters. The van der Waals surface area contributed by atoms with E-state index in [0.29, 0.717) is 0 Å². The summed E-state index contributed by atoms with van der Waals surface area (Å²) < 4.78 is 0. The molecule has 6 aromatic rings. The van der Waals surface area contributed by atoms with Crippen LogP contribution < -0.4 is 5.43 Å². The van der Waals surface area contributed by atoms with Gasteiger partial charge in [0.25, 0.3) is 0 Å². The van der Waals surface area contributed by atoms with Crippen LogP contribution in [0.25, 0.3) is 43.6 Å². The van der Waals surface area contributed by atoms with E-state index in [4.69, 9.17) is 0 Å². The smallest absolute Gasteiger partial charge is 0.197 e. The first-order chi connectivity index (χ1) is 13.8. The van der Waals surface area contributed by atoms with Crippen molar-refractivity contribution in [3.05, 3.63) is 107 Å². The van der Waals surface area contributed by atoms with Crippen molar-refractivity contribution in [3.8, 4) is 0 Å². The number of hydrogen-bond donors (Lipinski definition) is 2. The second kappa shape index (κ2) is 6.71. The van der Waals surface area contributed by atoms with Gasteiger partial charge in [0.15, 0.2) is 5.43 Å². The molecule has 4 aromatic carbocycles. The Kier molecular flexibility index (Phi) is 3.91. The molecule has 28 heavy (non-hydrogen) atoms. The highest BCUT2D eigenvalue weighted by molar-refractivity contribution is 6.07. The second-order valence-corrected chi connectivity index (χ2v) is 6.76. The summed E-state index contributed by atoms with van der Waals surface area (Å²) in [7, 11) is 0. The Morgan fingerprint density at radius 2 is 0.679 bits per heavy atom. The van der Waals surface area contributed by atoms with Gasteiger partial charge in [0, 0.05) is 43.6 Å². The number of nitrogens with one attached hydrogen (secondary N) is 2.